The van der Waals surface area contributed by atoms with Crippen molar-refractivity contribution in [2.24, 2.45) is 0 Å². The third-order valence-corrected chi connectivity index (χ3v) is 3.58. The first kappa shape index (κ1) is 13.8. The third-order valence-electron chi connectivity index (χ3n) is 3.58. The van der Waals surface area contributed by atoms with Crippen molar-refractivity contribution >= 4 is 5.97 Å². The molecule has 0 amide bonds. The van der Waals surface area contributed by atoms with E-state index in [2.05, 4.69) is 9.64 Å². The van der Waals surface area contributed by atoms with E-state index >= 15 is 0 Å². The van der Waals surface area contributed by atoms with Crippen LogP contribution in [0.1, 0.15) is 25.7 Å². The van der Waals surface area contributed by atoms with Crippen LogP contribution in [0.25, 0.3) is 0 Å². The van der Waals surface area contributed by atoms with Gasteiger partial charge in [0.1, 0.15) is 0 Å². The lowest BCUT2D eigenvalue weighted by atomic mass is 10.1. The number of morpholine rings is 1. The summed E-state index contributed by atoms with van der Waals surface area (Å²) in [4.78, 5) is 13.6. The van der Waals surface area contributed by atoms with Crippen molar-refractivity contribution in [1.29, 1.82) is 0 Å². The number of nitrogens with zero attached hydrogens (tertiary/aromatic N) is 1. The molecule has 0 aromatic rings. The van der Waals surface area contributed by atoms with Crippen LogP contribution in [0.4, 0.5) is 0 Å². The Kier molecular flexibility index (Phi) is 5.41. The quantitative estimate of drug-likeness (QED) is 0.698. The van der Waals surface area contributed by atoms with Crippen molar-refractivity contribution in [3.63, 3.8) is 0 Å². The standard InChI is InChI=1S/C13H23NO4/c1-16-13(15)8-12-10-14(5-7-18-12)9-11-4-2-3-6-17-11/h11-12H,2-10H2,1H3. The second-order valence-corrected chi connectivity index (χ2v) is 5.02. The summed E-state index contributed by atoms with van der Waals surface area (Å²) in [6.45, 7) is 4.27. The van der Waals surface area contributed by atoms with Gasteiger partial charge in [0.15, 0.2) is 0 Å². The second-order valence-electron chi connectivity index (χ2n) is 5.02. The highest BCUT2D eigenvalue weighted by Crippen LogP contribution is 2.16. The Labute approximate surface area is 108 Å². The average Bonchev–Trinajstić information content (AvgIpc) is 2.40. The Morgan fingerprint density at radius 1 is 1.28 bits per heavy atom. The average molecular weight is 257 g/mol. The van der Waals surface area contributed by atoms with Crippen molar-refractivity contribution < 1.29 is 19.0 Å². The molecular formula is C13H23NO4. The predicted molar refractivity (Wildman–Crippen MR) is 66.4 cm³/mol. The molecule has 2 aliphatic heterocycles. The van der Waals surface area contributed by atoms with Crippen LogP contribution >= 0.6 is 0 Å². The van der Waals surface area contributed by atoms with Crippen LogP contribution in [0.3, 0.4) is 0 Å². The molecule has 104 valence electrons. The molecule has 5 heteroatoms. The van der Waals surface area contributed by atoms with Crippen molar-refractivity contribution in [2.75, 3.05) is 40.0 Å². The lowest BCUT2D eigenvalue weighted by Gasteiger charge is -2.35. The van der Waals surface area contributed by atoms with Gasteiger partial charge < -0.3 is 14.2 Å². The Morgan fingerprint density at radius 3 is 2.83 bits per heavy atom. The third kappa shape index (κ3) is 4.23. The van der Waals surface area contributed by atoms with Crippen LogP contribution < -0.4 is 0 Å². The molecule has 2 heterocycles. The first-order valence-electron chi connectivity index (χ1n) is 6.80. The molecule has 0 saturated carbocycles. The van der Waals surface area contributed by atoms with Crippen LogP contribution in [0.2, 0.25) is 0 Å². The maximum atomic E-state index is 11.2. The molecule has 2 rings (SSSR count). The van der Waals surface area contributed by atoms with E-state index in [0.29, 0.717) is 19.1 Å². The highest BCUT2D eigenvalue weighted by Gasteiger charge is 2.25. The van der Waals surface area contributed by atoms with E-state index in [0.717, 1.165) is 32.7 Å². The van der Waals surface area contributed by atoms with Gasteiger partial charge in [-0.05, 0) is 19.3 Å². The molecule has 18 heavy (non-hydrogen) atoms. The van der Waals surface area contributed by atoms with Gasteiger partial charge in [-0.25, -0.2) is 0 Å². The Bertz CT molecular complexity index is 266. The van der Waals surface area contributed by atoms with E-state index in [1.807, 2.05) is 0 Å². The molecule has 2 saturated heterocycles. The first-order chi connectivity index (χ1) is 8.78. The van der Waals surface area contributed by atoms with Crippen molar-refractivity contribution in [3.8, 4) is 0 Å². The van der Waals surface area contributed by atoms with Crippen LogP contribution in [-0.4, -0.2) is 63.0 Å². The molecule has 0 radical (unpaired) electrons. The van der Waals surface area contributed by atoms with Gasteiger partial charge in [0, 0.05) is 26.2 Å². The maximum Gasteiger partial charge on any atom is 0.308 e. The lowest BCUT2D eigenvalue weighted by Crippen LogP contribution is -2.47. The summed E-state index contributed by atoms with van der Waals surface area (Å²) in [7, 11) is 1.42. The topological polar surface area (TPSA) is 48.0 Å². The smallest absolute Gasteiger partial charge is 0.308 e. The molecule has 2 fully saturated rings. The normalized spacial score (nSPS) is 30.1. The van der Waals surface area contributed by atoms with E-state index in [-0.39, 0.29) is 12.1 Å². The van der Waals surface area contributed by atoms with Gasteiger partial charge in [0.05, 0.1) is 32.3 Å². The molecular weight excluding hydrogens is 234 g/mol. The summed E-state index contributed by atoms with van der Waals surface area (Å²) in [6, 6.07) is 0. The predicted octanol–water partition coefficient (Wildman–Crippen LogP) is 0.819. The monoisotopic (exact) mass is 257 g/mol. The fourth-order valence-corrected chi connectivity index (χ4v) is 2.58. The van der Waals surface area contributed by atoms with Crippen molar-refractivity contribution in [1.82, 2.24) is 4.90 Å². The number of ether oxygens (including phenoxy) is 3. The lowest BCUT2D eigenvalue weighted by molar-refractivity contribution is -0.146. The summed E-state index contributed by atoms with van der Waals surface area (Å²) in [5, 5.41) is 0. The van der Waals surface area contributed by atoms with Gasteiger partial charge in [0.2, 0.25) is 0 Å². The molecule has 5 nitrogen and oxygen atoms in total. The number of hydrogen-bond acceptors (Lipinski definition) is 5. The minimum absolute atomic E-state index is 0.0326. The van der Waals surface area contributed by atoms with E-state index in [9.17, 15) is 4.79 Å². The van der Waals surface area contributed by atoms with Gasteiger partial charge >= 0.3 is 5.97 Å². The van der Waals surface area contributed by atoms with E-state index in [1.54, 1.807) is 0 Å². The summed E-state index contributed by atoms with van der Waals surface area (Å²) < 4.78 is 16.0. The molecule has 0 aliphatic carbocycles. The molecule has 0 spiro atoms. The largest absolute Gasteiger partial charge is 0.469 e. The zero-order valence-corrected chi connectivity index (χ0v) is 11.1. The van der Waals surface area contributed by atoms with E-state index < -0.39 is 0 Å². The molecule has 2 atom stereocenters. The summed E-state index contributed by atoms with van der Waals surface area (Å²) in [5.41, 5.74) is 0. The zero-order valence-electron chi connectivity index (χ0n) is 11.1. The van der Waals surface area contributed by atoms with Crippen LogP contribution in [0.15, 0.2) is 0 Å². The fraction of sp³-hybridized carbons (Fsp3) is 0.923. The van der Waals surface area contributed by atoms with Crippen molar-refractivity contribution in [2.45, 2.75) is 37.9 Å². The summed E-state index contributed by atoms with van der Waals surface area (Å²) >= 11 is 0. The zero-order chi connectivity index (χ0) is 12.8. The summed E-state index contributed by atoms with van der Waals surface area (Å²) in [6.07, 6.45) is 4.27. The SMILES string of the molecule is COC(=O)CC1CN(CC2CCCCO2)CCO1. The van der Waals surface area contributed by atoms with Crippen LogP contribution in [-0.2, 0) is 19.0 Å². The first-order valence-corrected chi connectivity index (χ1v) is 6.80. The second kappa shape index (κ2) is 7.07. The summed E-state index contributed by atoms with van der Waals surface area (Å²) in [5.74, 6) is -0.198. The van der Waals surface area contributed by atoms with Gasteiger partial charge in [-0.15, -0.1) is 0 Å². The molecule has 2 aliphatic rings. The molecule has 0 N–H and O–H groups in total. The van der Waals surface area contributed by atoms with E-state index in [1.165, 1.54) is 20.0 Å². The molecule has 0 bridgehead atoms. The fourth-order valence-electron chi connectivity index (χ4n) is 2.58. The Morgan fingerprint density at radius 2 is 2.11 bits per heavy atom. The minimum Gasteiger partial charge on any atom is -0.469 e. The number of methoxy groups -OCH3 is 1. The van der Waals surface area contributed by atoms with Crippen LogP contribution in [0, 0.1) is 0 Å². The number of esters is 1. The Balaban J connectivity index is 1.73. The molecule has 0 aromatic carbocycles. The number of carbonyl (C=O) groups is 1. The number of rotatable bonds is 4. The van der Waals surface area contributed by atoms with Gasteiger partial charge in [-0.1, -0.05) is 0 Å². The minimum atomic E-state index is -0.198. The van der Waals surface area contributed by atoms with Crippen molar-refractivity contribution in [3.05, 3.63) is 0 Å². The van der Waals surface area contributed by atoms with Gasteiger partial charge in [-0.2, -0.15) is 0 Å². The Hall–Kier alpha value is -0.650. The number of hydrogen-bond donors (Lipinski definition) is 0. The highest BCUT2D eigenvalue weighted by molar-refractivity contribution is 5.69. The molecule has 0 aromatic heterocycles. The van der Waals surface area contributed by atoms with Crippen LogP contribution in [0.5, 0.6) is 0 Å². The maximum absolute atomic E-state index is 11.2. The number of carbonyl (C=O) groups excluding carboxylic acids is 1. The van der Waals surface area contributed by atoms with Gasteiger partial charge in [0.25, 0.3) is 0 Å². The van der Waals surface area contributed by atoms with Gasteiger partial charge in [-0.3, -0.25) is 9.69 Å². The highest BCUT2D eigenvalue weighted by atomic mass is 16.5. The van der Waals surface area contributed by atoms with E-state index in [4.69, 9.17) is 9.47 Å². The molecule has 2 unspecified atom stereocenters.